The van der Waals surface area contributed by atoms with E-state index < -0.39 is 20.0 Å². The highest BCUT2D eigenvalue weighted by molar-refractivity contribution is 7.90. The van der Waals surface area contributed by atoms with Crippen molar-refractivity contribution in [1.82, 2.24) is 27.7 Å². The summed E-state index contributed by atoms with van der Waals surface area (Å²) in [5.74, 6) is 1.69. The van der Waals surface area contributed by atoms with Crippen molar-refractivity contribution in [2.24, 2.45) is 0 Å². The number of halogens is 1. The molecule has 0 radical (unpaired) electrons. The van der Waals surface area contributed by atoms with Gasteiger partial charge in [-0.05, 0) is 68.7 Å². The van der Waals surface area contributed by atoms with Gasteiger partial charge in [0.25, 0.3) is 20.0 Å². The van der Waals surface area contributed by atoms with Gasteiger partial charge < -0.3 is 19.6 Å². The number of likely N-dealkylation sites (N-methyl/N-ethyl adjacent to an activating group) is 2. The number of para-hydroxylation sites is 2. The maximum Gasteiger partial charge on any atom is 0.268 e. The minimum Gasteiger partial charge on any atom is -0.353 e. The molecule has 0 amide bonds. The number of pyridine rings is 2. The van der Waals surface area contributed by atoms with Crippen LogP contribution in [0.15, 0.2) is 137 Å². The molecule has 2 saturated heterocycles. The fraction of sp³-hybridized carbons (Fsp3) is 0.227. The van der Waals surface area contributed by atoms with E-state index >= 15 is 0 Å². The molecule has 0 N–H and O–H groups in total. The average molecular weight is 847 g/mol. The lowest BCUT2D eigenvalue weighted by molar-refractivity contribution is 0.312. The van der Waals surface area contributed by atoms with Crippen LogP contribution in [0.3, 0.4) is 0 Å². The Bertz CT molecular complexity index is 3070. The number of hydrogen-bond acceptors (Lipinski definition) is 10. The van der Waals surface area contributed by atoms with E-state index in [-0.39, 0.29) is 9.79 Å². The standard InChI is InChI=1S/C22H21ClN4O2S.C22H22N4O2S/c1-25-11-13-26(14-12-25)22-19-9-10-27(21(19)18-7-2-3-8-20(18)24-22)30(28,29)17-6-4-5-16(23)15-17;1-24-13-15-25(16-14-24)22-19-11-12-26(29(27,28)17-7-3-2-4-8-17)21(19)18-9-5-6-10-20(18)23-22/h2-10,15H,11-14H2,1H3;2-12H,13-16H2,1H3. The number of nitrogens with zero attached hydrogens (tertiary/aromatic N) is 8. The molecule has 0 aliphatic carbocycles. The summed E-state index contributed by atoms with van der Waals surface area (Å²) in [5, 5.41) is 3.74. The van der Waals surface area contributed by atoms with Crippen LogP contribution < -0.4 is 9.80 Å². The zero-order chi connectivity index (χ0) is 40.9. The highest BCUT2D eigenvalue weighted by Crippen LogP contribution is 2.36. The summed E-state index contributed by atoms with van der Waals surface area (Å²) >= 11 is 6.07. The molecule has 15 heteroatoms. The van der Waals surface area contributed by atoms with Crippen molar-refractivity contribution in [3.63, 3.8) is 0 Å². The summed E-state index contributed by atoms with van der Waals surface area (Å²) in [6.45, 7) is 7.24. The van der Waals surface area contributed by atoms with Crippen molar-refractivity contribution >= 4 is 86.9 Å². The Labute approximate surface area is 348 Å². The average Bonchev–Trinajstić information content (AvgIpc) is 3.92. The SMILES string of the molecule is CN1CCN(c2nc3ccccc3c3c2ccn3S(=O)(=O)c2cccc(Cl)c2)CC1.CN1CCN(c2nc3ccccc3c3c2ccn3S(=O)(=O)c2ccccc2)CC1. The molecule has 10 rings (SSSR count). The Morgan fingerprint density at radius 3 is 1.37 bits per heavy atom. The summed E-state index contributed by atoms with van der Waals surface area (Å²) in [5.41, 5.74) is 2.92. The number of benzene rings is 4. The quantitative estimate of drug-likeness (QED) is 0.173. The highest BCUT2D eigenvalue weighted by atomic mass is 35.5. The minimum absolute atomic E-state index is 0.162. The van der Waals surface area contributed by atoms with Crippen LogP contribution in [0.4, 0.5) is 11.6 Å². The number of hydrogen-bond donors (Lipinski definition) is 0. The maximum atomic E-state index is 13.5. The van der Waals surface area contributed by atoms with E-state index in [2.05, 4.69) is 33.7 Å². The summed E-state index contributed by atoms with van der Waals surface area (Å²) in [6.07, 6.45) is 3.27. The molecule has 302 valence electrons. The number of rotatable bonds is 6. The maximum absolute atomic E-state index is 13.5. The predicted molar refractivity (Wildman–Crippen MR) is 237 cm³/mol. The van der Waals surface area contributed by atoms with E-state index in [4.69, 9.17) is 21.6 Å². The van der Waals surface area contributed by atoms with Gasteiger partial charge in [0.1, 0.15) is 11.6 Å². The van der Waals surface area contributed by atoms with Crippen molar-refractivity contribution < 1.29 is 16.8 Å². The van der Waals surface area contributed by atoms with Crippen LogP contribution in [0.1, 0.15) is 0 Å². The molecule has 4 aromatic heterocycles. The van der Waals surface area contributed by atoms with Crippen LogP contribution in [-0.2, 0) is 20.0 Å². The first-order valence-corrected chi connectivity index (χ1v) is 22.7. The molecular weight excluding hydrogens is 804 g/mol. The Morgan fingerprint density at radius 2 is 0.898 bits per heavy atom. The molecule has 0 bridgehead atoms. The Balaban J connectivity index is 0.000000152. The summed E-state index contributed by atoms with van der Waals surface area (Å²) < 4.78 is 56.6. The van der Waals surface area contributed by atoms with Crippen LogP contribution in [0.5, 0.6) is 0 Å². The van der Waals surface area contributed by atoms with E-state index in [0.29, 0.717) is 16.1 Å². The zero-order valence-electron chi connectivity index (χ0n) is 32.7. The van der Waals surface area contributed by atoms with Crippen molar-refractivity contribution in [3.8, 4) is 0 Å². The van der Waals surface area contributed by atoms with Crippen LogP contribution in [-0.4, -0.2) is 111 Å². The Morgan fingerprint density at radius 1 is 0.475 bits per heavy atom. The van der Waals surface area contributed by atoms with Crippen LogP contribution in [0.2, 0.25) is 5.02 Å². The number of aromatic nitrogens is 4. The molecular formula is C44H43ClN8O4S2. The van der Waals surface area contributed by atoms with Gasteiger partial charge in [0, 0.05) is 91.3 Å². The second-order valence-electron chi connectivity index (χ2n) is 15.0. The van der Waals surface area contributed by atoms with Crippen molar-refractivity contribution in [3.05, 3.63) is 133 Å². The molecule has 2 aliphatic rings. The minimum atomic E-state index is -3.81. The molecule has 0 saturated carbocycles. The second kappa shape index (κ2) is 15.6. The number of piperazine rings is 2. The van der Waals surface area contributed by atoms with E-state index in [0.717, 1.165) is 96.6 Å². The summed E-state index contributed by atoms with van der Waals surface area (Å²) in [6, 6.07) is 34.1. The zero-order valence-corrected chi connectivity index (χ0v) is 35.1. The predicted octanol–water partition coefficient (Wildman–Crippen LogP) is 7.01. The van der Waals surface area contributed by atoms with Crippen molar-refractivity contribution in [2.45, 2.75) is 9.79 Å². The Hall–Kier alpha value is -5.51. The number of fused-ring (bicyclic) bond motifs is 6. The molecule has 2 fully saturated rings. The van der Waals surface area contributed by atoms with Gasteiger partial charge in [0.15, 0.2) is 0 Å². The molecule has 0 spiro atoms. The van der Waals surface area contributed by atoms with E-state index in [1.807, 2.05) is 66.7 Å². The van der Waals surface area contributed by atoms with Gasteiger partial charge in [-0.25, -0.2) is 34.7 Å². The van der Waals surface area contributed by atoms with E-state index in [1.54, 1.807) is 54.9 Å². The molecule has 12 nitrogen and oxygen atoms in total. The number of anilines is 2. The molecule has 59 heavy (non-hydrogen) atoms. The summed E-state index contributed by atoms with van der Waals surface area (Å²) in [4.78, 5) is 19.3. The van der Waals surface area contributed by atoms with Gasteiger partial charge in [-0.3, -0.25) is 0 Å². The second-order valence-corrected chi connectivity index (χ2v) is 19.1. The third-order valence-electron chi connectivity index (χ3n) is 11.2. The molecule has 6 heterocycles. The van der Waals surface area contributed by atoms with Crippen LogP contribution in [0, 0.1) is 0 Å². The lowest BCUT2D eigenvalue weighted by atomic mass is 10.1. The van der Waals surface area contributed by atoms with Crippen molar-refractivity contribution in [2.75, 3.05) is 76.3 Å². The lowest BCUT2D eigenvalue weighted by Gasteiger charge is -2.33. The molecule has 8 aromatic rings. The fourth-order valence-electron chi connectivity index (χ4n) is 7.97. The molecule has 0 unspecified atom stereocenters. The lowest BCUT2D eigenvalue weighted by Crippen LogP contribution is -2.44. The van der Waals surface area contributed by atoms with E-state index in [9.17, 15) is 16.8 Å². The van der Waals surface area contributed by atoms with Gasteiger partial charge in [0.2, 0.25) is 0 Å². The van der Waals surface area contributed by atoms with Gasteiger partial charge in [0.05, 0.1) is 31.9 Å². The van der Waals surface area contributed by atoms with Crippen LogP contribution >= 0.6 is 11.6 Å². The molecule has 2 aliphatic heterocycles. The summed E-state index contributed by atoms with van der Waals surface area (Å²) in [7, 11) is -3.30. The van der Waals surface area contributed by atoms with Crippen molar-refractivity contribution in [1.29, 1.82) is 0 Å². The van der Waals surface area contributed by atoms with Gasteiger partial charge in [-0.2, -0.15) is 0 Å². The first kappa shape index (κ1) is 39.0. The molecule has 4 aromatic carbocycles. The topological polar surface area (TPSA) is 117 Å². The van der Waals surface area contributed by atoms with E-state index in [1.165, 1.54) is 14.0 Å². The first-order valence-electron chi connectivity index (χ1n) is 19.5. The smallest absolute Gasteiger partial charge is 0.268 e. The third kappa shape index (κ3) is 7.18. The first-order chi connectivity index (χ1) is 28.5. The van der Waals surface area contributed by atoms with Crippen LogP contribution in [0.25, 0.3) is 43.6 Å². The molecule has 0 atom stereocenters. The normalized spacial score (nSPS) is 15.9. The Kier molecular flexibility index (Phi) is 10.3. The largest absolute Gasteiger partial charge is 0.353 e. The van der Waals surface area contributed by atoms with Gasteiger partial charge in [-0.15, -0.1) is 0 Å². The highest BCUT2D eigenvalue weighted by Gasteiger charge is 2.27. The third-order valence-corrected chi connectivity index (χ3v) is 14.8. The van der Waals surface area contributed by atoms with Gasteiger partial charge >= 0.3 is 0 Å². The monoisotopic (exact) mass is 846 g/mol. The fourth-order valence-corrected chi connectivity index (χ4v) is 11.0. The van der Waals surface area contributed by atoms with Gasteiger partial charge in [-0.1, -0.05) is 72.3 Å².